The fourth-order valence-electron chi connectivity index (χ4n) is 3.11. The van der Waals surface area contributed by atoms with Crippen LogP contribution in [0.2, 0.25) is 0 Å². The van der Waals surface area contributed by atoms with Crippen molar-refractivity contribution < 1.29 is 4.79 Å². The summed E-state index contributed by atoms with van der Waals surface area (Å²) in [5.74, 6) is 0.388. The Morgan fingerprint density at radius 3 is 2.58 bits per heavy atom. The molecule has 0 aliphatic carbocycles. The molecule has 136 valence electrons. The second-order valence-electron chi connectivity index (χ2n) is 6.86. The molecule has 3 aromatic rings. The topological polar surface area (TPSA) is 64.0 Å². The largest absolute Gasteiger partial charge is 0.348 e. The molecule has 3 rings (SSSR count). The van der Waals surface area contributed by atoms with Crippen molar-refractivity contribution in [3.8, 4) is 0 Å². The van der Waals surface area contributed by atoms with Gasteiger partial charge in [0.2, 0.25) is 5.91 Å². The van der Waals surface area contributed by atoms with Gasteiger partial charge in [0, 0.05) is 17.3 Å². The number of hydrogen-bond donors (Lipinski definition) is 1. The Balaban J connectivity index is 1.85. The number of aromatic nitrogens is 2. The van der Waals surface area contributed by atoms with Crippen LogP contribution in [0.25, 0.3) is 10.8 Å². The predicted molar refractivity (Wildman–Crippen MR) is 105 cm³/mol. The number of carbonyl (C=O) groups excluding carboxylic acids is 1. The van der Waals surface area contributed by atoms with Gasteiger partial charge in [0.15, 0.2) is 0 Å². The summed E-state index contributed by atoms with van der Waals surface area (Å²) in [6.07, 6.45) is 1.03. The van der Waals surface area contributed by atoms with Gasteiger partial charge in [-0.3, -0.25) is 9.59 Å². The molecule has 0 saturated carbocycles. The van der Waals surface area contributed by atoms with Gasteiger partial charge in [-0.05, 0) is 29.9 Å². The van der Waals surface area contributed by atoms with Crippen molar-refractivity contribution in [2.24, 2.45) is 13.0 Å². The molecular formula is C20H23N3O2S. The molecule has 2 heterocycles. The molecule has 0 aliphatic heterocycles. The Kier molecular flexibility index (Phi) is 5.52. The summed E-state index contributed by atoms with van der Waals surface area (Å²) in [4.78, 5) is 26.1. The van der Waals surface area contributed by atoms with Crippen molar-refractivity contribution in [3.05, 3.63) is 62.7 Å². The van der Waals surface area contributed by atoms with Gasteiger partial charge in [-0.25, -0.2) is 4.68 Å². The highest BCUT2D eigenvalue weighted by molar-refractivity contribution is 7.10. The second kappa shape index (κ2) is 7.83. The number of hydrogen-bond acceptors (Lipinski definition) is 4. The van der Waals surface area contributed by atoms with Gasteiger partial charge < -0.3 is 5.32 Å². The van der Waals surface area contributed by atoms with E-state index in [1.165, 1.54) is 4.68 Å². The third-order valence-electron chi connectivity index (χ3n) is 4.29. The quantitative estimate of drug-likeness (QED) is 0.724. The standard InChI is InChI=1S/C20H23N3O2S/c1-13(2)11-17(18-9-6-10-26-18)21-19(24)12-16-14-7-4-5-8-15(14)20(25)23(3)22-16/h4-10,13,17H,11-12H2,1-3H3,(H,21,24). The molecule has 6 heteroatoms. The fraction of sp³-hybridized carbons (Fsp3) is 0.350. The minimum absolute atomic E-state index is 0.00120. The van der Waals surface area contributed by atoms with Crippen LogP contribution in [-0.2, 0) is 18.3 Å². The number of nitrogens with zero attached hydrogens (tertiary/aromatic N) is 2. The van der Waals surface area contributed by atoms with Gasteiger partial charge >= 0.3 is 0 Å². The summed E-state index contributed by atoms with van der Waals surface area (Å²) < 4.78 is 1.30. The first-order chi connectivity index (χ1) is 12.5. The molecule has 5 nitrogen and oxygen atoms in total. The highest BCUT2D eigenvalue weighted by Gasteiger charge is 2.19. The molecular weight excluding hydrogens is 346 g/mol. The van der Waals surface area contributed by atoms with E-state index in [0.29, 0.717) is 17.0 Å². The average molecular weight is 369 g/mol. The minimum atomic E-state index is -0.152. The van der Waals surface area contributed by atoms with E-state index in [1.54, 1.807) is 24.5 Å². The Morgan fingerprint density at radius 1 is 1.19 bits per heavy atom. The van der Waals surface area contributed by atoms with Crippen molar-refractivity contribution in [1.29, 1.82) is 0 Å². The molecule has 1 unspecified atom stereocenters. The van der Waals surface area contributed by atoms with Gasteiger partial charge in [-0.15, -0.1) is 11.3 Å². The third kappa shape index (κ3) is 4.02. The molecule has 0 saturated heterocycles. The first-order valence-electron chi connectivity index (χ1n) is 8.73. The van der Waals surface area contributed by atoms with Crippen LogP contribution in [0.15, 0.2) is 46.6 Å². The second-order valence-corrected chi connectivity index (χ2v) is 7.84. The zero-order valence-corrected chi connectivity index (χ0v) is 16.0. The number of rotatable bonds is 6. The third-order valence-corrected chi connectivity index (χ3v) is 5.28. The van der Waals surface area contributed by atoms with Crippen LogP contribution in [0.5, 0.6) is 0 Å². The maximum Gasteiger partial charge on any atom is 0.274 e. The smallest absolute Gasteiger partial charge is 0.274 e. The first-order valence-corrected chi connectivity index (χ1v) is 9.61. The van der Waals surface area contributed by atoms with Crippen LogP contribution in [0.3, 0.4) is 0 Å². The molecule has 1 atom stereocenters. The van der Waals surface area contributed by atoms with Crippen LogP contribution in [0.4, 0.5) is 0 Å². The van der Waals surface area contributed by atoms with Gasteiger partial charge in [-0.1, -0.05) is 38.1 Å². The van der Waals surface area contributed by atoms with Crippen molar-refractivity contribution in [1.82, 2.24) is 15.1 Å². The molecule has 1 N–H and O–H groups in total. The number of nitrogens with one attached hydrogen (secondary N) is 1. The number of fused-ring (bicyclic) bond motifs is 1. The summed E-state index contributed by atoms with van der Waals surface area (Å²) >= 11 is 1.65. The summed E-state index contributed by atoms with van der Waals surface area (Å²) in [6.45, 7) is 4.30. The van der Waals surface area contributed by atoms with E-state index in [9.17, 15) is 9.59 Å². The number of thiophene rings is 1. The van der Waals surface area contributed by atoms with Gasteiger partial charge in [0.25, 0.3) is 5.56 Å². The number of benzene rings is 1. The van der Waals surface area contributed by atoms with Crippen molar-refractivity contribution in [2.75, 3.05) is 0 Å². The van der Waals surface area contributed by atoms with Crippen LogP contribution in [0.1, 0.15) is 36.9 Å². The molecule has 0 radical (unpaired) electrons. The van der Waals surface area contributed by atoms with Crippen molar-refractivity contribution in [3.63, 3.8) is 0 Å². The zero-order valence-electron chi connectivity index (χ0n) is 15.2. The Morgan fingerprint density at radius 2 is 1.92 bits per heavy atom. The van der Waals surface area contributed by atoms with E-state index in [0.717, 1.165) is 16.7 Å². The fourth-order valence-corrected chi connectivity index (χ4v) is 3.90. The maximum absolute atomic E-state index is 12.7. The van der Waals surface area contributed by atoms with E-state index >= 15 is 0 Å². The van der Waals surface area contributed by atoms with E-state index in [2.05, 4.69) is 30.3 Å². The lowest BCUT2D eigenvalue weighted by Crippen LogP contribution is -2.31. The Bertz CT molecular complexity index is 961. The van der Waals surface area contributed by atoms with Gasteiger partial charge in [0.05, 0.1) is 23.5 Å². The molecule has 0 bridgehead atoms. The monoisotopic (exact) mass is 369 g/mol. The number of carbonyl (C=O) groups is 1. The molecule has 26 heavy (non-hydrogen) atoms. The van der Waals surface area contributed by atoms with E-state index in [4.69, 9.17) is 0 Å². The molecule has 0 fully saturated rings. The van der Waals surface area contributed by atoms with Crippen LogP contribution < -0.4 is 10.9 Å². The van der Waals surface area contributed by atoms with E-state index in [-0.39, 0.29) is 23.9 Å². The van der Waals surface area contributed by atoms with Crippen molar-refractivity contribution in [2.45, 2.75) is 32.7 Å². The molecule has 2 aromatic heterocycles. The predicted octanol–water partition coefficient (Wildman–Crippen LogP) is 3.44. The normalized spacial score (nSPS) is 12.5. The Labute approximate surface area is 156 Å². The molecule has 1 amide bonds. The molecule has 0 spiro atoms. The van der Waals surface area contributed by atoms with Gasteiger partial charge in [0.1, 0.15) is 0 Å². The number of amides is 1. The number of aryl methyl sites for hydroxylation is 1. The highest BCUT2D eigenvalue weighted by Crippen LogP contribution is 2.25. The van der Waals surface area contributed by atoms with Crippen LogP contribution >= 0.6 is 11.3 Å². The lowest BCUT2D eigenvalue weighted by molar-refractivity contribution is -0.121. The first kappa shape index (κ1) is 18.3. The summed E-state index contributed by atoms with van der Waals surface area (Å²) in [5, 5.41) is 10.8. The molecule has 1 aromatic carbocycles. The summed E-state index contributed by atoms with van der Waals surface area (Å²) in [5.41, 5.74) is 0.468. The molecule has 0 aliphatic rings. The van der Waals surface area contributed by atoms with Crippen LogP contribution in [-0.4, -0.2) is 15.7 Å². The Hall–Kier alpha value is -2.47. The zero-order chi connectivity index (χ0) is 18.7. The summed E-state index contributed by atoms with van der Waals surface area (Å²) in [7, 11) is 1.61. The van der Waals surface area contributed by atoms with Crippen LogP contribution in [0, 0.1) is 5.92 Å². The van der Waals surface area contributed by atoms with E-state index < -0.39 is 0 Å². The average Bonchev–Trinajstić information content (AvgIpc) is 3.13. The highest BCUT2D eigenvalue weighted by atomic mass is 32.1. The van der Waals surface area contributed by atoms with Gasteiger partial charge in [-0.2, -0.15) is 5.10 Å². The SMILES string of the molecule is CC(C)CC(NC(=O)Cc1nn(C)c(=O)c2ccccc12)c1cccs1. The van der Waals surface area contributed by atoms with E-state index in [1.807, 2.05) is 29.6 Å². The minimum Gasteiger partial charge on any atom is -0.348 e. The van der Waals surface area contributed by atoms with Crippen molar-refractivity contribution >= 4 is 28.0 Å². The lowest BCUT2D eigenvalue weighted by Gasteiger charge is -2.19. The summed E-state index contributed by atoms with van der Waals surface area (Å²) in [6, 6.07) is 11.4. The lowest BCUT2D eigenvalue weighted by atomic mass is 10.0. The maximum atomic E-state index is 12.7.